The normalized spacial score (nSPS) is 23.8. The molecule has 0 aliphatic carbocycles. The third-order valence-electron chi connectivity index (χ3n) is 1.67. The number of amides is 1. The Morgan fingerprint density at radius 3 is 2.83 bits per heavy atom. The van der Waals surface area contributed by atoms with Gasteiger partial charge in [-0.1, -0.05) is 13.8 Å². The fraction of sp³-hybridized carbons (Fsp3) is 0.750. The molecule has 68 valence electrons. The molecular formula is C8H13NO3. The Bertz CT molecular complexity index is 200. The quantitative estimate of drug-likeness (QED) is 0.598. The van der Waals surface area contributed by atoms with E-state index < -0.39 is 6.04 Å². The van der Waals surface area contributed by atoms with Crippen LogP contribution in [-0.2, 0) is 14.3 Å². The zero-order valence-corrected chi connectivity index (χ0v) is 7.29. The second-order valence-corrected chi connectivity index (χ2v) is 3.36. The van der Waals surface area contributed by atoms with Gasteiger partial charge in [-0.25, -0.2) is 4.79 Å². The van der Waals surface area contributed by atoms with Crippen molar-refractivity contribution in [2.75, 3.05) is 6.61 Å². The van der Waals surface area contributed by atoms with Crippen LogP contribution in [-0.4, -0.2) is 24.5 Å². The third kappa shape index (κ3) is 2.22. The maximum atomic E-state index is 11.0. The van der Waals surface area contributed by atoms with Crippen LogP contribution in [0, 0.1) is 5.92 Å². The molecule has 0 aromatic carbocycles. The van der Waals surface area contributed by atoms with Gasteiger partial charge in [-0.3, -0.25) is 4.79 Å². The maximum Gasteiger partial charge on any atom is 0.329 e. The van der Waals surface area contributed by atoms with Gasteiger partial charge in [0.2, 0.25) is 0 Å². The van der Waals surface area contributed by atoms with Gasteiger partial charge in [0.25, 0.3) is 5.91 Å². The van der Waals surface area contributed by atoms with Crippen molar-refractivity contribution in [2.24, 2.45) is 5.92 Å². The Hall–Kier alpha value is -1.06. The van der Waals surface area contributed by atoms with Crippen molar-refractivity contribution < 1.29 is 14.3 Å². The van der Waals surface area contributed by atoms with Crippen LogP contribution in [0.15, 0.2) is 0 Å². The van der Waals surface area contributed by atoms with Gasteiger partial charge in [-0.2, -0.15) is 0 Å². The molecule has 0 bridgehead atoms. The highest BCUT2D eigenvalue weighted by Gasteiger charge is 2.28. The minimum absolute atomic E-state index is 0.132. The molecule has 0 radical (unpaired) electrons. The van der Waals surface area contributed by atoms with E-state index in [4.69, 9.17) is 0 Å². The average Bonchev–Trinajstić information content (AvgIpc) is 1.96. The smallest absolute Gasteiger partial charge is 0.329 e. The van der Waals surface area contributed by atoms with Crippen molar-refractivity contribution in [1.29, 1.82) is 0 Å². The predicted molar refractivity (Wildman–Crippen MR) is 42.3 cm³/mol. The van der Waals surface area contributed by atoms with Crippen molar-refractivity contribution in [3.8, 4) is 0 Å². The number of esters is 1. The topological polar surface area (TPSA) is 55.4 Å². The van der Waals surface area contributed by atoms with Crippen LogP contribution in [0.3, 0.4) is 0 Å². The number of morpholine rings is 1. The maximum absolute atomic E-state index is 11.0. The zero-order valence-electron chi connectivity index (χ0n) is 7.29. The van der Waals surface area contributed by atoms with Crippen molar-refractivity contribution in [2.45, 2.75) is 26.3 Å². The van der Waals surface area contributed by atoms with E-state index in [-0.39, 0.29) is 18.5 Å². The number of hydrogen-bond acceptors (Lipinski definition) is 3. The molecule has 1 amide bonds. The summed E-state index contributed by atoms with van der Waals surface area (Å²) in [7, 11) is 0. The highest BCUT2D eigenvalue weighted by molar-refractivity contribution is 5.90. The van der Waals surface area contributed by atoms with Gasteiger partial charge in [0.15, 0.2) is 6.61 Å². The number of hydrogen-bond donors (Lipinski definition) is 1. The molecule has 1 unspecified atom stereocenters. The first-order chi connectivity index (χ1) is 5.59. The monoisotopic (exact) mass is 171 g/mol. The zero-order chi connectivity index (χ0) is 9.14. The highest BCUT2D eigenvalue weighted by Crippen LogP contribution is 2.08. The molecule has 0 aromatic heterocycles. The molecule has 1 fully saturated rings. The molecule has 4 heteroatoms. The Kier molecular flexibility index (Phi) is 2.68. The number of rotatable bonds is 2. The second-order valence-electron chi connectivity index (χ2n) is 3.36. The van der Waals surface area contributed by atoms with Gasteiger partial charge in [-0.05, 0) is 12.3 Å². The predicted octanol–water partition coefficient (Wildman–Crippen LogP) is 0.0741. The lowest BCUT2D eigenvalue weighted by molar-refractivity contribution is -0.157. The summed E-state index contributed by atoms with van der Waals surface area (Å²) in [6, 6.07) is -0.439. The molecule has 0 saturated carbocycles. The van der Waals surface area contributed by atoms with Crippen molar-refractivity contribution in [3.63, 3.8) is 0 Å². The largest absolute Gasteiger partial charge is 0.454 e. The molecule has 1 heterocycles. The fourth-order valence-electron chi connectivity index (χ4n) is 1.16. The van der Waals surface area contributed by atoms with Gasteiger partial charge in [-0.15, -0.1) is 0 Å². The average molecular weight is 171 g/mol. The lowest BCUT2D eigenvalue weighted by atomic mass is 10.0. The lowest BCUT2D eigenvalue weighted by Gasteiger charge is -2.23. The fourth-order valence-corrected chi connectivity index (χ4v) is 1.16. The Balaban J connectivity index is 2.49. The van der Waals surface area contributed by atoms with Gasteiger partial charge in [0, 0.05) is 0 Å². The highest BCUT2D eigenvalue weighted by atomic mass is 16.5. The Morgan fingerprint density at radius 2 is 2.25 bits per heavy atom. The van der Waals surface area contributed by atoms with E-state index in [0.29, 0.717) is 12.3 Å². The standard InChI is InChI=1S/C8H13NO3/c1-5(2)3-6-8(11)12-4-7(10)9-6/h5-6H,3-4H2,1-2H3,(H,9,10). The van der Waals surface area contributed by atoms with Gasteiger partial charge in [0.05, 0.1) is 0 Å². The minimum Gasteiger partial charge on any atom is -0.454 e. The summed E-state index contributed by atoms with van der Waals surface area (Å²) in [5.41, 5.74) is 0. The van der Waals surface area contributed by atoms with E-state index in [1.54, 1.807) is 0 Å². The summed E-state index contributed by atoms with van der Waals surface area (Å²) < 4.78 is 4.65. The molecule has 1 atom stereocenters. The van der Waals surface area contributed by atoms with Crippen LogP contribution in [0.25, 0.3) is 0 Å². The lowest BCUT2D eigenvalue weighted by Crippen LogP contribution is -2.49. The van der Waals surface area contributed by atoms with Crippen molar-refractivity contribution in [1.82, 2.24) is 5.32 Å². The first-order valence-corrected chi connectivity index (χ1v) is 4.05. The molecule has 1 aliphatic rings. The molecule has 1 rings (SSSR count). The van der Waals surface area contributed by atoms with Crippen molar-refractivity contribution in [3.05, 3.63) is 0 Å². The molecule has 12 heavy (non-hydrogen) atoms. The summed E-state index contributed by atoms with van der Waals surface area (Å²) in [5, 5.41) is 2.58. The molecule has 0 spiro atoms. The molecule has 1 aliphatic heterocycles. The van der Waals surface area contributed by atoms with Gasteiger partial charge < -0.3 is 10.1 Å². The summed E-state index contributed by atoms with van der Waals surface area (Å²) >= 11 is 0. The summed E-state index contributed by atoms with van der Waals surface area (Å²) in [6.07, 6.45) is 0.643. The van der Waals surface area contributed by atoms with Crippen molar-refractivity contribution >= 4 is 11.9 Å². The van der Waals surface area contributed by atoms with E-state index >= 15 is 0 Å². The van der Waals surface area contributed by atoms with Crippen LogP contribution in [0.1, 0.15) is 20.3 Å². The first kappa shape index (κ1) is 9.03. The molecule has 4 nitrogen and oxygen atoms in total. The van der Waals surface area contributed by atoms with Crippen LogP contribution >= 0.6 is 0 Å². The summed E-state index contributed by atoms with van der Waals surface area (Å²) in [4.78, 5) is 21.9. The molecule has 1 N–H and O–H groups in total. The molecular weight excluding hydrogens is 158 g/mol. The SMILES string of the molecule is CC(C)CC1NC(=O)COC1=O. The number of nitrogens with one attached hydrogen (secondary N) is 1. The third-order valence-corrected chi connectivity index (χ3v) is 1.67. The van der Waals surface area contributed by atoms with Crippen LogP contribution in [0.4, 0.5) is 0 Å². The summed E-state index contributed by atoms with van der Waals surface area (Å²) in [6.45, 7) is 3.86. The Labute approximate surface area is 71.3 Å². The number of ether oxygens (including phenoxy) is 1. The number of carbonyl (C=O) groups is 2. The minimum atomic E-state index is -0.439. The number of cyclic esters (lactones) is 1. The van der Waals surface area contributed by atoms with Crippen LogP contribution in [0.5, 0.6) is 0 Å². The van der Waals surface area contributed by atoms with Crippen LogP contribution in [0.2, 0.25) is 0 Å². The second kappa shape index (κ2) is 3.56. The van der Waals surface area contributed by atoms with Gasteiger partial charge in [0.1, 0.15) is 6.04 Å². The van der Waals surface area contributed by atoms with E-state index in [1.165, 1.54) is 0 Å². The number of carbonyl (C=O) groups excluding carboxylic acids is 2. The van der Waals surface area contributed by atoms with E-state index in [1.807, 2.05) is 13.8 Å². The van der Waals surface area contributed by atoms with E-state index in [0.717, 1.165) is 0 Å². The Morgan fingerprint density at radius 1 is 1.58 bits per heavy atom. The van der Waals surface area contributed by atoms with Gasteiger partial charge >= 0.3 is 5.97 Å². The summed E-state index contributed by atoms with van der Waals surface area (Å²) in [5.74, 6) is -0.149. The molecule has 0 aromatic rings. The van der Waals surface area contributed by atoms with E-state index in [2.05, 4.69) is 10.1 Å². The van der Waals surface area contributed by atoms with Crippen LogP contribution < -0.4 is 5.32 Å². The van der Waals surface area contributed by atoms with E-state index in [9.17, 15) is 9.59 Å². The molecule has 1 saturated heterocycles. The first-order valence-electron chi connectivity index (χ1n) is 4.05.